The summed E-state index contributed by atoms with van der Waals surface area (Å²) in [6.07, 6.45) is 8.69. The van der Waals surface area contributed by atoms with Gasteiger partial charge in [-0.2, -0.15) is 0 Å². The van der Waals surface area contributed by atoms with Crippen molar-refractivity contribution in [3.63, 3.8) is 0 Å². The lowest BCUT2D eigenvalue weighted by Gasteiger charge is -2.26. The first kappa shape index (κ1) is 22.1. The van der Waals surface area contributed by atoms with Crippen molar-refractivity contribution in [1.82, 2.24) is 24.0 Å². The number of ether oxygens (including phenoxy) is 1. The van der Waals surface area contributed by atoms with E-state index in [4.69, 9.17) is 4.74 Å². The van der Waals surface area contributed by atoms with Gasteiger partial charge in [0.15, 0.2) is 0 Å². The van der Waals surface area contributed by atoms with Crippen molar-refractivity contribution in [1.29, 1.82) is 0 Å². The number of nitrogens with one attached hydrogen (secondary N) is 1. The first-order chi connectivity index (χ1) is 17.1. The van der Waals surface area contributed by atoms with Crippen LogP contribution in [0.4, 0.5) is 5.69 Å². The van der Waals surface area contributed by atoms with E-state index in [0.29, 0.717) is 19.0 Å². The van der Waals surface area contributed by atoms with E-state index in [1.807, 2.05) is 29.9 Å². The second kappa shape index (κ2) is 9.00. The van der Waals surface area contributed by atoms with Gasteiger partial charge in [0.25, 0.3) is 0 Å². The SMILES string of the molecule is C[C@H]1CNc2c(-c3ccc(OCCCN4CCCCC4)nc3)ccc3ncc4c(c23)n1c(=O)n4C. The maximum absolute atomic E-state index is 13.0. The molecule has 1 aromatic carbocycles. The summed E-state index contributed by atoms with van der Waals surface area (Å²) in [5.41, 5.74) is 5.71. The van der Waals surface area contributed by atoms with Gasteiger partial charge in [0.1, 0.15) is 0 Å². The van der Waals surface area contributed by atoms with E-state index in [9.17, 15) is 4.79 Å². The molecular formula is C27H32N6O2. The average molecular weight is 473 g/mol. The average Bonchev–Trinajstić information content (AvgIpc) is 3.05. The van der Waals surface area contributed by atoms with E-state index in [2.05, 4.69) is 39.2 Å². The van der Waals surface area contributed by atoms with Crippen LogP contribution in [-0.2, 0) is 7.05 Å². The maximum Gasteiger partial charge on any atom is 0.329 e. The summed E-state index contributed by atoms with van der Waals surface area (Å²) in [6.45, 7) is 6.94. The molecule has 0 aliphatic carbocycles. The Morgan fingerprint density at radius 2 is 1.94 bits per heavy atom. The fraction of sp³-hybridized carbons (Fsp3) is 0.444. The highest BCUT2D eigenvalue weighted by atomic mass is 16.5. The number of pyridine rings is 2. The van der Waals surface area contributed by atoms with Crippen LogP contribution in [-0.4, -0.2) is 56.8 Å². The molecule has 0 spiro atoms. The van der Waals surface area contributed by atoms with Gasteiger partial charge in [-0.3, -0.25) is 14.1 Å². The number of aromatic nitrogens is 4. The minimum atomic E-state index is -0.00897. The number of rotatable bonds is 6. The zero-order valence-electron chi connectivity index (χ0n) is 20.5. The Balaban J connectivity index is 1.28. The predicted octanol–water partition coefficient (Wildman–Crippen LogP) is 4.19. The number of hydrogen-bond acceptors (Lipinski definition) is 6. The minimum absolute atomic E-state index is 0.00897. The summed E-state index contributed by atoms with van der Waals surface area (Å²) in [5.74, 6) is 0.654. The summed E-state index contributed by atoms with van der Waals surface area (Å²) in [6, 6.07) is 8.14. The molecule has 5 heterocycles. The number of piperidine rings is 1. The molecule has 1 atom stereocenters. The highest BCUT2D eigenvalue weighted by Crippen LogP contribution is 2.40. The molecule has 1 fully saturated rings. The number of likely N-dealkylation sites (tertiary alicyclic amines) is 1. The maximum atomic E-state index is 13.0. The molecular weight excluding hydrogens is 440 g/mol. The van der Waals surface area contributed by atoms with Crippen molar-refractivity contribution in [3.05, 3.63) is 47.1 Å². The Morgan fingerprint density at radius 3 is 2.74 bits per heavy atom. The number of hydrogen-bond donors (Lipinski definition) is 1. The highest BCUT2D eigenvalue weighted by molar-refractivity contribution is 6.13. The molecule has 0 amide bonds. The Labute approximate surface area is 204 Å². The molecule has 0 unspecified atom stereocenters. The van der Waals surface area contributed by atoms with E-state index in [1.165, 1.54) is 32.4 Å². The number of nitrogens with zero attached hydrogens (tertiary/aromatic N) is 5. The molecule has 35 heavy (non-hydrogen) atoms. The van der Waals surface area contributed by atoms with Crippen LogP contribution >= 0.6 is 0 Å². The van der Waals surface area contributed by atoms with Gasteiger partial charge < -0.3 is 15.0 Å². The number of benzene rings is 1. The number of aryl methyl sites for hydroxylation is 1. The van der Waals surface area contributed by atoms with Crippen LogP contribution in [0, 0.1) is 0 Å². The van der Waals surface area contributed by atoms with Crippen molar-refractivity contribution < 1.29 is 4.74 Å². The van der Waals surface area contributed by atoms with Crippen LogP contribution in [0.15, 0.2) is 41.5 Å². The van der Waals surface area contributed by atoms with Crippen molar-refractivity contribution in [3.8, 4) is 17.0 Å². The first-order valence-electron chi connectivity index (χ1n) is 12.7. The van der Waals surface area contributed by atoms with Crippen LogP contribution in [0.5, 0.6) is 5.88 Å². The van der Waals surface area contributed by atoms with Gasteiger partial charge in [-0.15, -0.1) is 0 Å². The second-order valence-electron chi connectivity index (χ2n) is 9.81. The van der Waals surface area contributed by atoms with Crippen molar-refractivity contribution in [2.24, 2.45) is 7.05 Å². The smallest absolute Gasteiger partial charge is 0.329 e. The summed E-state index contributed by atoms with van der Waals surface area (Å²) >= 11 is 0. The molecule has 0 bridgehead atoms. The summed E-state index contributed by atoms with van der Waals surface area (Å²) in [7, 11) is 1.81. The third kappa shape index (κ3) is 3.86. The van der Waals surface area contributed by atoms with E-state index in [1.54, 1.807) is 10.8 Å². The van der Waals surface area contributed by atoms with Gasteiger partial charge in [-0.1, -0.05) is 12.5 Å². The predicted molar refractivity (Wildman–Crippen MR) is 139 cm³/mol. The summed E-state index contributed by atoms with van der Waals surface area (Å²) in [4.78, 5) is 24.8. The molecule has 6 rings (SSSR count). The zero-order valence-corrected chi connectivity index (χ0v) is 20.5. The van der Waals surface area contributed by atoms with Crippen molar-refractivity contribution in [2.75, 3.05) is 38.1 Å². The molecule has 1 N–H and O–H groups in total. The van der Waals surface area contributed by atoms with Gasteiger partial charge in [-0.25, -0.2) is 9.78 Å². The number of imidazole rings is 1. The summed E-state index contributed by atoms with van der Waals surface area (Å²) < 4.78 is 9.52. The van der Waals surface area contributed by atoms with Crippen LogP contribution in [0.1, 0.15) is 38.6 Å². The van der Waals surface area contributed by atoms with E-state index >= 15 is 0 Å². The Bertz CT molecular complexity index is 1430. The lowest BCUT2D eigenvalue weighted by molar-refractivity contribution is 0.203. The molecule has 0 radical (unpaired) electrons. The molecule has 3 aromatic heterocycles. The minimum Gasteiger partial charge on any atom is -0.478 e. The van der Waals surface area contributed by atoms with Gasteiger partial charge in [0.2, 0.25) is 5.88 Å². The van der Waals surface area contributed by atoms with Crippen molar-refractivity contribution >= 4 is 27.6 Å². The van der Waals surface area contributed by atoms with Gasteiger partial charge in [0.05, 0.1) is 46.5 Å². The van der Waals surface area contributed by atoms with Crippen LogP contribution in [0.25, 0.3) is 33.1 Å². The van der Waals surface area contributed by atoms with E-state index in [0.717, 1.165) is 51.7 Å². The van der Waals surface area contributed by atoms with E-state index < -0.39 is 0 Å². The van der Waals surface area contributed by atoms with Gasteiger partial charge >= 0.3 is 5.69 Å². The molecule has 2 aliphatic rings. The molecule has 2 aliphatic heterocycles. The molecule has 0 saturated carbocycles. The Kier molecular flexibility index (Phi) is 5.68. The fourth-order valence-corrected chi connectivity index (χ4v) is 5.56. The largest absolute Gasteiger partial charge is 0.478 e. The standard InChI is InChI=1S/C27H32N6O2/c1-18-15-30-25-20(8-9-21-24(25)26-22(17-28-21)31(2)27(34)33(18)26)19-7-10-23(29-16-19)35-14-6-13-32-11-4-3-5-12-32/h7-10,16-18,30H,3-6,11-15H2,1-2H3/t18-/m0/s1. The quantitative estimate of drug-likeness (QED) is 0.424. The fourth-order valence-electron chi connectivity index (χ4n) is 5.56. The van der Waals surface area contributed by atoms with Crippen LogP contribution in [0.2, 0.25) is 0 Å². The van der Waals surface area contributed by atoms with Crippen LogP contribution < -0.4 is 15.7 Å². The zero-order chi connectivity index (χ0) is 23.9. The van der Waals surface area contributed by atoms with E-state index in [-0.39, 0.29) is 11.7 Å². The second-order valence-corrected chi connectivity index (χ2v) is 9.81. The molecule has 8 heteroatoms. The molecule has 182 valence electrons. The number of anilines is 1. The first-order valence-corrected chi connectivity index (χ1v) is 12.7. The summed E-state index contributed by atoms with van der Waals surface area (Å²) in [5, 5.41) is 4.59. The Hall–Kier alpha value is -3.39. The third-order valence-electron chi connectivity index (χ3n) is 7.46. The highest BCUT2D eigenvalue weighted by Gasteiger charge is 2.25. The lowest BCUT2D eigenvalue weighted by atomic mass is 10.0. The molecule has 8 nitrogen and oxygen atoms in total. The van der Waals surface area contributed by atoms with Gasteiger partial charge in [-0.05, 0) is 51.4 Å². The molecule has 1 saturated heterocycles. The van der Waals surface area contributed by atoms with Crippen molar-refractivity contribution in [2.45, 2.75) is 38.6 Å². The Morgan fingerprint density at radius 1 is 1.09 bits per heavy atom. The third-order valence-corrected chi connectivity index (χ3v) is 7.46. The normalized spacial score (nSPS) is 18.2. The van der Waals surface area contributed by atoms with Gasteiger partial charge in [0, 0.05) is 43.5 Å². The monoisotopic (exact) mass is 472 g/mol. The molecule has 4 aromatic rings. The topological polar surface area (TPSA) is 77.2 Å². The van der Waals surface area contributed by atoms with Crippen LogP contribution in [0.3, 0.4) is 0 Å². The lowest BCUT2D eigenvalue weighted by Crippen LogP contribution is -2.31.